The number of aliphatic hydroxyl groups is 1. The number of benzene rings is 1. The molecule has 1 aromatic rings. The molecule has 3 unspecified atom stereocenters. The first kappa shape index (κ1) is 11.1. The summed E-state index contributed by atoms with van der Waals surface area (Å²) in [6.45, 7) is 0. The quantitative estimate of drug-likeness (QED) is 0.806. The predicted octanol–water partition coefficient (Wildman–Crippen LogP) is 2.89. The van der Waals surface area contributed by atoms with Crippen LogP contribution in [0.2, 0.25) is 0 Å². The molecule has 0 heterocycles. The fraction of sp³-hybridized carbons (Fsp3) is 0.600. The van der Waals surface area contributed by atoms with E-state index in [0.717, 1.165) is 24.5 Å². The molecule has 0 aliphatic heterocycles. The number of ether oxygens (including phenoxy) is 1. The van der Waals surface area contributed by atoms with Crippen molar-refractivity contribution in [2.24, 2.45) is 5.92 Å². The fourth-order valence-corrected chi connectivity index (χ4v) is 3.55. The number of hydrogen-bond acceptors (Lipinski definition) is 2. The SMILES string of the molecule is COc1ccc2c(c1)C1CC(O)CCC1CC2. The van der Waals surface area contributed by atoms with Crippen molar-refractivity contribution < 1.29 is 9.84 Å². The Bertz CT molecular complexity index is 413. The first-order valence-corrected chi connectivity index (χ1v) is 6.63. The first-order chi connectivity index (χ1) is 8.28. The Balaban J connectivity index is 1.97. The smallest absolute Gasteiger partial charge is 0.119 e. The third-order valence-electron chi connectivity index (χ3n) is 4.50. The lowest BCUT2D eigenvalue weighted by molar-refractivity contribution is 0.0877. The standard InChI is InChI=1S/C15H20O2/c1-17-13-7-5-11-3-2-10-4-6-12(16)8-14(10)15(11)9-13/h5,7,9-10,12,14,16H,2-4,6,8H2,1H3. The van der Waals surface area contributed by atoms with Crippen molar-refractivity contribution in [2.45, 2.75) is 44.1 Å². The second kappa shape index (κ2) is 4.34. The van der Waals surface area contributed by atoms with E-state index < -0.39 is 0 Å². The van der Waals surface area contributed by atoms with Crippen LogP contribution in [0.1, 0.15) is 42.7 Å². The van der Waals surface area contributed by atoms with Gasteiger partial charge in [0.2, 0.25) is 0 Å². The van der Waals surface area contributed by atoms with E-state index in [1.807, 2.05) is 0 Å². The van der Waals surface area contributed by atoms with Gasteiger partial charge < -0.3 is 9.84 Å². The van der Waals surface area contributed by atoms with Crippen molar-refractivity contribution in [2.75, 3.05) is 7.11 Å². The molecule has 2 aliphatic rings. The molecular formula is C15H20O2. The number of hydrogen-bond donors (Lipinski definition) is 1. The van der Waals surface area contributed by atoms with Crippen LogP contribution >= 0.6 is 0 Å². The molecule has 3 atom stereocenters. The fourth-order valence-electron chi connectivity index (χ4n) is 3.55. The van der Waals surface area contributed by atoms with Crippen LogP contribution in [0.4, 0.5) is 0 Å². The number of aliphatic hydroxyl groups excluding tert-OH is 1. The van der Waals surface area contributed by atoms with E-state index in [-0.39, 0.29) is 6.10 Å². The Kier molecular flexibility index (Phi) is 2.83. The molecule has 2 nitrogen and oxygen atoms in total. The van der Waals surface area contributed by atoms with E-state index in [1.54, 1.807) is 7.11 Å². The second-order valence-corrected chi connectivity index (χ2v) is 5.44. The lowest BCUT2D eigenvalue weighted by Gasteiger charge is -2.39. The van der Waals surface area contributed by atoms with Gasteiger partial charge in [-0.05, 0) is 67.2 Å². The average Bonchev–Trinajstić information content (AvgIpc) is 2.38. The molecule has 1 aromatic carbocycles. The van der Waals surface area contributed by atoms with Crippen LogP contribution in [0.15, 0.2) is 18.2 Å². The van der Waals surface area contributed by atoms with Crippen molar-refractivity contribution in [1.29, 1.82) is 0 Å². The lowest BCUT2D eigenvalue weighted by Crippen LogP contribution is -2.30. The summed E-state index contributed by atoms with van der Waals surface area (Å²) in [6, 6.07) is 6.44. The maximum Gasteiger partial charge on any atom is 0.119 e. The van der Waals surface area contributed by atoms with Crippen LogP contribution in [0.3, 0.4) is 0 Å². The van der Waals surface area contributed by atoms with E-state index in [4.69, 9.17) is 4.74 Å². The predicted molar refractivity (Wildman–Crippen MR) is 67.4 cm³/mol. The molecule has 1 fully saturated rings. The zero-order valence-electron chi connectivity index (χ0n) is 10.4. The van der Waals surface area contributed by atoms with Crippen LogP contribution in [0.25, 0.3) is 0 Å². The molecule has 1 N–H and O–H groups in total. The summed E-state index contributed by atoms with van der Waals surface area (Å²) in [4.78, 5) is 0. The third kappa shape index (κ3) is 1.95. The minimum absolute atomic E-state index is 0.103. The highest BCUT2D eigenvalue weighted by Gasteiger charge is 2.34. The van der Waals surface area contributed by atoms with Gasteiger partial charge in [-0.25, -0.2) is 0 Å². The first-order valence-electron chi connectivity index (χ1n) is 6.63. The van der Waals surface area contributed by atoms with Gasteiger partial charge in [-0.3, -0.25) is 0 Å². The molecule has 2 aliphatic carbocycles. The van der Waals surface area contributed by atoms with Crippen molar-refractivity contribution >= 4 is 0 Å². The average molecular weight is 232 g/mol. The van der Waals surface area contributed by atoms with E-state index in [0.29, 0.717) is 5.92 Å². The van der Waals surface area contributed by atoms with E-state index in [1.165, 1.54) is 30.4 Å². The zero-order valence-corrected chi connectivity index (χ0v) is 10.4. The Labute approximate surface area is 103 Å². The normalized spacial score (nSPS) is 31.5. The molecule has 1 saturated carbocycles. The summed E-state index contributed by atoms with van der Waals surface area (Å²) in [5.74, 6) is 2.28. The Morgan fingerprint density at radius 1 is 1.24 bits per heavy atom. The van der Waals surface area contributed by atoms with Crippen molar-refractivity contribution in [3.8, 4) is 5.75 Å². The molecule has 0 amide bonds. The number of aryl methyl sites for hydroxylation is 1. The van der Waals surface area contributed by atoms with E-state index in [2.05, 4.69) is 18.2 Å². The van der Waals surface area contributed by atoms with Crippen LogP contribution in [-0.4, -0.2) is 18.3 Å². The van der Waals surface area contributed by atoms with Gasteiger partial charge in [0.05, 0.1) is 13.2 Å². The number of methoxy groups -OCH3 is 1. The van der Waals surface area contributed by atoms with E-state index in [9.17, 15) is 5.11 Å². The zero-order chi connectivity index (χ0) is 11.8. The van der Waals surface area contributed by atoms with Crippen molar-refractivity contribution in [3.63, 3.8) is 0 Å². The minimum atomic E-state index is -0.103. The third-order valence-corrected chi connectivity index (χ3v) is 4.50. The van der Waals surface area contributed by atoms with Gasteiger partial charge in [0.1, 0.15) is 5.75 Å². The second-order valence-electron chi connectivity index (χ2n) is 5.44. The molecule has 0 spiro atoms. The summed E-state index contributed by atoms with van der Waals surface area (Å²) in [5, 5.41) is 9.87. The molecule has 0 radical (unpaired) electrons. The van der Waals surface area contributed by atoms with Gasteiger partial charge in [0, 0.05) is 0 Å². The Morgan fingerprint density at radius 3 is 2.94 bits per heavy atom. The Morgan fingerprint density at radius 2 is 2.12 bits per heavy atom. The molecule has 0 bridgehead atoms. The number of rotatable bonds is 1. The molecule has 2 heteroatoms. The molecule has 92 valence electrons. The van der Waals surface area contributed by atoms with Gasteiger partial charge in [-0.1, -0.05) is 6.07 Å². The minimum Gasteiger partial charge on any atom is -0.497 e. The summed E-state index contributed by atoms with van der Waals surface area (Å²) in [6.07, 6.45) is 5.48. The van der Waals surface area contributed by atoms with Crippen molar-refractivity contribution in [3.05, 3.63) is 29.3 Å². The highest BCUT2D eigenvalue weighted by atomic mass is 16.5. The van der Waals surface area contributed by atoms with E-state index >= 15 is 0 Å². The number of fused-ring (bicyclic) bond motifs is 3. The van der Waals surface area contributed by atoms with Gasteiger partial charge in [0.25, 0.3) is 0 Å². The van der Waals surface area contributed by atoms with Gasteiger partial charge in [-0.15, -0.1) is 0 Å². The van der Waals surface area contributed by atoms with Crippen LogP contribution in [0.5, 0.6) is 5.75 Å². The van der Waals surface area contributed by atoms with Gasteiger partial charge in [0.15, 0.2) is 0 Å². The topological polar surface area (TPSA) is 29.5 Å². The summed E-state index contributed by atoms with van der Waals surface area (Å²) >= 11 is 0. The molecule has 17 heavy (non-hydrogen) atoms. The van der Waals surface area contributed by atoms with Gasteiger partial charge in [-0.2, -0.15) is 0 Å². The maximum absolute atomic E-state index is 9.87. The highest BCUT2D eigenvalue weighted by molar-refractivity contribution is 5.40. The Hall–Kier alpha value is -1.02. The monoisotopic (exact) mass is 232 g/mol. The molecule has 0 saturated heterocycles. The lowest BCUT2D eigenvalue weighted by atomic mass is 9.67. The summed E-state index contributed by atoms with van der Waals surface area (Å²) < 4.78 is 5.32. The molecule has 0 aromatic heterocycles. The van der Waals surface area contributed by atoms with Crippen LogP contribution < -0.4 is 4.74 Å². The van der Waals surface area contributed by atoms with Gasteiger partial charge >= 0.3 is 0 Å². The van der Waals surface area contributed by atoms with Crippen LogP contribution in [-0.2, 0) is 6.42 Å². The highest BCUT2D eigenvalue weighted by Crippen LogP contribution is 2.45. The summed E-state index contributed by atoms with van der Waals surface area (Å²) in [5.41, 5.74) is 2.89. The molecule has 3 rings (SSSR count). The summed E-state index contributed by atoms with van der Waals surface area (Å²) in [7, 11) is 1.72. The van der Waals surface area contributed by atoms with Crippen LogP contribution in [0, 0.1) is 5.92 Å². The molecular weight excluding hydrogens is 212 g/mol. The van der Waals surface area contributed by atoms with Crippen molar-refractivity contribution in [1.82, 2.24) is 0 Å². The maximum atomic E-state index is 9.87. The largest absolute Gasteiger partial charge is 0.497 e.